The molecule has 2 aliphatic heterocycles. The largest absolute Gasteiger partial charge is 0.453 e. The number of nitrogens with two attached hydrogens (primary N) is 1. The van der Waals surface area contributed by atoms with E-state index in [1.165, 1.54) is 12.1 Å². The SMILES string of the molecule is CC.N#Cc1c(N)ccc(F)c1Oc1ccc2ncn(C3COC4(CCNCC4)C3)c(=O)c2c1. The van der Waals surface area contributed by atoms with Crippen LogP contribution in [0.4, 0.5) is 10.1 Å². The third-order valence-electron chi connectivity index (χ3n) is 6.33. The number of halogens is 1. The van der Waals surface area contributed by atoms with Crippen LogP contribution in [0, 0.1) is 17.1 Å². The number of aromatic nitrogens is 2. The van der Waals surface area contributed by atoms with E-state index in [1.807, 2.05) is 19.9 Å². The first kappa shape index (κ1) is 23.7. The monoisotopic (exact) mass is 465 g/mol. The molecule has 1 spiro atoms. The van der Waals surface area contributed by atoms with Crippen LogP contribution in [-0.4, -0.2) is 34.8 Å². The predicted octanol–water partition coefficient (Wildman–Crippen LogP) is 3.89. The van der Waals surface area contributed by atoms with Crippen LogP contribution in [0.1, 0.15) is 44.7 Å². The van der Waals surface area contributed by atoms with Gasteiger partial charge >= 0.3 is 0 Å². The molecule has 2 saturated heterocycles. The van der Waals surface area contributed by atoms with Crippen molar-refractivity contribution in [1.29, 1.82) is 5.26 Å². The summed E-state index contributed by atoms with van der Waals surface area (Å²) in [6.07, 6.45) is 4.16. The lowest BCUT2D eigenvalue weighted by atomic mass is 9.88. The number of nitrogens with one attached hydrogen (secondary N) is 1. The highest BCUT2D eigenvalue weighted by Crippen LogP contribution is 2.39. The van der Waals surface area contributed by atoms with Crippen molar-refractivity contribution in [2.75, 3.05) is 25.4 Å². The van der Waals surface area contributed by atoms with Crippen LogP contribution in [0.25, 0.3) is 10.9 Å². The van der Waals surface area contributed by atoms with E-state index in [4.69, 9.17) is 15.2 Å². The average Bonchev–Trinajstić information content (AvgIpc) is 3.26. The van der Waals surface area contributed by atoms with E-state index in [0.29, 0.717) is 17.5 Å². The topological polar surface area (TPSA) is 115 Å². The van der Waals surface area contributed by atoms with E-state index in [-0.39, 0.29) is 40.0 Å². The summed E-state index contributed by atoms with van der Waals surface area (Å²) in [7, 11) is 0. The molecule has 3 N–H and O–H groups in total. The minimum absolute atomic E-state index is 0.0935. The van der Waals surface area contributed by atoms with Gasteiger partial charge < -0.3 is 20.5 Å². The maximum Gasteiger partial charge on any atom is 0.261 e. The molecule has 178 valence electrons. The first-order chi connectivity index (χ1) is 16.5. The predicted molar refractivity (Wildman–Crippen MR) is 127 cm³/mol. The second kappa shape index (κ2) is 9.79. The molecule has 2 aliphatic rings. The fraction of sp³-hybridized carbons (Fsp3) is 0.400. The molecule has 9 heteroatoms. The Hall–Kier alpha value is -3.48. The molecule has 0 saturated carbocycles. The van der Waals surface area contributed by atoms with Gasteiger partial charge in [-0.2, -0.15) is 5.26 Å². The quantitative estimate of drug-likeness (QED) is 0.564. The number of hydrogen-bond acceptors (Lipinski definition) is 7. The molecule has 0 radical (unpaired) electrons. The van der Waals surface area contributed by atoms with E-state index < -0.39 is 5.82 Å². The van der Waals surface area contributed by atoms with Crippen molar-refractivity contribution in [3.8, 4) is 17.6 Å². The number of benzene rings is 2. The number of fused-ring (bicyclic) bond motifs is 1. The molecule has 2 fully saturated rings. The van der Waals surface area contributed by atoms with Gasteiger partial charge in [-0.25, -0.2) is 9.37 Å². The average molecular weight is 466 g/mol. The highest BCUT2D eigenvalue weighted by Gasteiger charge is 2.42. The lowest BCUT2D eigenvalue weighted by Gasteiger charge is -2.32. The van der Waals surface area contributed by atoms with Gasteiger partial charge in [-0.15, -0.1) is 0 Å². The summed E-state index contributed by atoms with van der Waals surface area (Å²) in [5, 5.41) is 13.0. The van der Waals surface area contributed by atoms with E-state index in [1.54, 1.807) is 23.0 Å². The van der Waals surface area contributed by atoms with Gasteiger partial charge in [0.05, 0.1) is 41.2 Å². The molecular weight excluding hydrogens is 437 g/mol. The third-order valence-corrected chi connectivity index (χ3v) is 6.33. The van der Waals surface area contributed by atoms with Gasteiger partial charge in [-0.3, -0.25) is 9.36 Å². The highest BCUT2D eigenvalue weighted by atomic mass is 19.1. The highest BCUT2D eigenvalue weighted by molar-refractivity contribution is 5.79. The summed E-state index contributed by atoms with van der Waals surface area (Å²) < 4.78 is 27.7. The van der Waals surface area contributed by atoms with Gasteiger partial charge in [-0.1, -0.05) is 13.8 Å². The summed E-state index contributed by atoms with van der Waals surface area (Å²) in [6.45, 7) is 6.27. The van der Waals surface area contributed by atoms with Crippen molar-refractivity contribution in [3.63, 3.8) is 0 Å². The molecule has 5 rings (SSSR count). The Bertz CT molecular complexity index is 1290. The number of nitrogen functional groups attached to an aromatic ring is 1. The molecule has 1 atom stereocenters. The second-order valence-corrected chi connectivity index (χ2v) is 8.29. The molecule has 0 bridgehead atoms. The Balaban J connectivity index is 0.00000133. The van der Waals surface area contributed by atoms with E-state index >= 15 is 0 Å². The van der Waals surface area contributed by atoms with Crippen LogP contribution in [0.3, 0.4) is 0 Å². The standard InChI is InChI=1S/C23H22FN5O3.C2H6/c24-18-2-3-19(26)17(11-25)21(18)32-15-1-4-20-16(9-15)22(30)29(13-28-20)14-10-23(31-12-14)5-7-27-8-6-23;1-2/h1-4,9,13-14,27H,5-8,10,12,26H2;1-2H3. The van der Waals surface area contributed by atoms with Crippen molar-refractivity contribution in [1.82, 2.24) is 14.9 Å². The van der Waals surface area contributed by atoms with Crippen LogP contribution < -0.4 is 21.3 Å². The molecule has 0 aliphatic carbocycles. The number of anilines is 1. The summed E-state index contributed by atoms with van der Waals surface area (Å²) in [6, 6.07) is 8.93. The van der Waals surface area contributed by atoms with E-state index in [2.05, 4.69) is 10.3 Å². The number of nitrogens with zero attached hydrogens (tertiary/aromatic N) is 3. The Morgan fingerprint density at radius 1 is 1.29 bits per heavy atom. The Kier molecular flexibility index (Phi) is 6.82. The molecule has 3 aromatic rings. The fourth-order valence-corrected chi connectivity index (χ4v) is 4.57. The summed E-state index contributed by atoms with van der Waals surface area (Å²) in [5.74, 6) is -0.768. The lowest BCUT2D eigenvalue weighted by molar-refractivity contribution is -0.0196. The van der Waals surface area contributed by atoms with Crippen LogP contribution in [0.5, 0.6) is 11.5 Å². The zero-order chi connectivity index (χ0) is 24.3. The van der Waals surface area contributed by atoms with Crippen molar-refractivity contribution in [2.24, 2.45) is 0 Å². The molecule has 1 unspecified atom stereocenters. The maximum absolute atomic E-state index is 14.3. The second-order valence-electron chi connectivity index (χ2n) is 8.29. The van der Waals surface area contributed by atoms with Crippen LogP contribution >= 0.6 is 0 Å². The van der Waals surface area contributed by atoms with Crippen molar-refractivity contribution < 1.29 is 13.9 Å². The molecular formula is C25H28FN5O3. The molecule has 1 aromatic heterocycles. The van der Waals surface area contributed by atoms with Gasteiger partial charge in [0.1, 0.15) is 17.4 Å². The molecule has 2 aromatic carbocycles. The van der Waals surface area contributed by atoms with Crippen LogP contribution in [0.15, 0.2) is 41.5 Å². The zero-order valence-corrected chi connectivity index (χ0v) is 19.3. The van der Waals surface area contributed by atoms with Crippen LogP contribution in [-0.2, 0) is 4.74 Å². The van der Waals surface area contributed by atoms with Gasteiger partial charge in [-0.05, 0) is 62.7 Å². The molecule has 3 heterocycles. The number of piperidine rings is 1. The molecule has 8 nitrogen and oxygen atoms in total. The third kappa shape index (κ3) is 4.34. The Morgan fingerprint density at radius 3 is 2.79 bits per heavy atom. The minimum Gasteiger partial charge on any atom is -0.453 e. The minimum atomic E-state index is -0.713. The van der Waals surface area contributed by atoms with Gasteiger partial charge in [0.2, 0.25) is 0 Å². The number of ether oxygens (including phenoxy) is 2. The first-order valence-electron chi connectivity index (χ1n) is 11.5. The molecule has 34 heavy (non-hydrogen) atoms. The van der Waals surface area contributed by atoms with Crippen molar-refractivity contribution in [3.05, 3.63) is 58.4 Å². The maximum atomic E-state index is 14.3. The fourth-order valence-electron chi connectivity index (χ4n) is 4.57. The van der Waals surface area contributed by atoms with Gasteiger partial charge in [0, 0.05) is 0 Å². The summed E-state index contributed by atoms with van der Waals surface area (Å²) in [5.41, 5.74) is 5.89. The van der Waals surface area contributed by atoms with Gasteiger partial charge in [0.15, 0.2) is 11.6 Å². The summed E-state index contributed by atoms with van der Waals surface area (Å²) >= 11 is 0. The lowest BCUT2D eigenvalue weighted by Crippen LogP contribution is -2.41. The van der Waals surface area contributed by atoms with E-state index in [0.717, 1.165) is 38.4 Å². The smallest absolute Gasteiger partial charge is 0.261 e. The molecule has 0 amide bonds. The number of hydrogen-bond donors (Lipinski definition) is 2. The zero-order valence-electron chi connectivity index (χ0n) is 19.3. The van der Waals surface area contributed by atoms with Gasteiger partial charge in [0.25, 0.3) is 5.56 Å². The van der Waals surface area contributed by atoms with Crippen molar-refractivity contribution in [2.45, 2.75) is 44.8 Å². The summed E-state index contributed by atoms with van der Waals surface area (Å²) in [4.78, 5) is 17.7. The normalized spacial score (nSPS) is 18.8. The Morgan fingerprint density at radius 2 is 2.06 bits per heavy atom. The first-order valence-corrected chi connectivity index (χ1v) is 11.5. The number of nitriles is 1. The number of rotatable bonds is 3. The van der Waals surface area contributed by atoms with E-state index in [9.17, 15) is 14.4 Å². The van der Waals surface area contributed by atoms with Crippen molar-refractivity contribution >= 4 is 16.6 Å². The van der Waals surface area contributed by atoms with Crippen LogP contribution in [0.2, 0.25) is 0 Å². The Labute approximate surface area is 197 Å².